The van der Waals surface area contributed by atoms with E-state index < -0.39 is 6.36 Å². The van der Waals surface area contributed by atoms with Crippen LogP contribution in [0.5, 0.6) is 11.5 Å². The highest BCUT2D eigenvalue weighted by Crippen LogP contribution is 2.37. The van der Waals surface area contributed by atoms with Gasteiger partial charge in [-0.05, 0) is 31.5 Å². The van der Waals surface area contributed by atoms with Gasteiger partial charge in [0.1, 0.15) is 5.75 Å². The molecule has 0 saturated heterocycles. The Labute approximate surface area is 156 Å². The van der Waals surface area contributed by atoms with Gasteiger partial charge in [-0.1, -0.05) is 12.1 Å². The summed E-state index contributed by atoms with van der Waals surface area (Å²) < 4.78 is 47.3. The van der Waals surface area contributed by atoms with E-state index in [1.54, 1.807) is 24.5 Å². The number of hydrogen-bond acceptors (Lipinski definition) is 4. The van der Waals surface area contributed by atoms with E-state index in [1.807, 2.05) is 25.8 Å². The molecule has 0 aromatic heterocycles. The van der Waals surface area contributed by atoms with Crippen LogP contribution < -0.4 is 14.8 Å². The third-order valence-corrected chi connectivity index (χ3v) is 3.86. The Kier molecular flexibility index (Phi) is 6.55. The SMILES string of the molecule is CCN(C)/C=N/c1cc(OC)cc(Nc2ccccc2OC(F)(F)F)c1C. The predicted octanol–water partition coefficient (Wildman–Crippen LogP) is 5.26. The summed E-state index contributed by atoms with van der Waals surface area (Å²) in [6.45, 7) is 4.61. The Balaban J connectivity index is 2.41. The van der Waals surface area contributed by atoms with Gasteiger partial charge in [0.2, 0.25) is 0 Å². The van der Waals surface area contributed by atoms with Crippen molar-refractivity contribution in [2.75, 3.05) is 26.0 Å². The first-order chi connectivity index (χ1) is 12.7. The number of alkyl halides is 3. The largest absolute Gasteiger partial charge is 0.573 e. The summed E-state index contributed by atoms with van der Waals surface area (Å²) in [6.07, 6.45) is -3.09. The number of methoxy groups -OCH3 is 1. The molecule has 0 radical (unpaired) electrons. The van der Waals surface area contributed by atoms with Crippen LogP contribution in [0.25, 0.3) is 0 Å². The number of ether oxygens (including phenoxy) is 2. The molecule has 0 saturated carbocycles. The topological polar surface area (TPSA) is 46.1 Å². The van der Waals surface area contributed by atoms with Gasteiger partial charge >= 0.3 is 6.36 Å². The number of rotatable bonds is 7. The number of benzene rings is 2. The highest BCUT2D eigenvalue weighted by Gasteiger charge is 2.32. The number of nitrogens with zero attached hydrogens (tertiary/aromatic N) is 2. The van der Waals surface area contributed by atoms with Crippen molar-refractivity contribution in [3.05, 3.63) is 42.0 Å². The lowest BCUT2D eigenvalue weighted by Gasteiger charge is -2.17. The van der Waals surface area contributed by atoms with Crippen molar-refractivity contribution >= 4 is 23.4 Å². The number of para-hydroxylation sites is 2. The van der Waals surface area contributed by atoms with Gasteiger partial charge in [0.05, 0.1) is 24.8 Å². The number of hydrogen-bond donors (Lipinski definition) is 1. The molecule has 0 unspecified atom stereocenters. The summed E-state index contributed by atoms with van der Waals surface area (Å²) in [5.74, 6) is 0.214. The number of nitrogens with one attached hydrogen (secondary N) is 1. The molecule has 2 aromatic rings. The lowest BCUT2D eigenvalue weighted by molar-refractivity contribution is -0.274. The third kappa shape index (κ3) is 5.80. The van der Waals surface area contributed by atoms with Crippen molar-refractivity contribution in [1.29, 1.82) is 0 Å². The van der Waals surface area contributed by atoms with Crippen molar-refractivity contribution in [3.8, 4) is 11.5 Å². The first-order valence-corrected chi connectivity index (χ1v) is 8.28. The molecule has 0 aliphatic rings. The summed E-state index contributed by atoms with van der Waals surface area (Å²) in [5.41, 5.74) is 2.16. The van der Waals surface area contributed by atoms with Gasteiger partial charge in [-0.3, -0.25) is 0 Å². The zero-order valence-corrected chi connectivity index (χ0v) is 15.6. The molecule has 0 amide bonds. The number of anilines is 2. The van der Waals surface area contributed by atoms with E-state index in [-0.39, 0.29) is 11.4 Å². The van der Waals surface area contributed by atoms with E-state index in [0.717, 1.165) is 12.1 Å². The summed E-state index contributed by atoms with van der Waals surface area (Å²) in [7, 11) is 3.41. The molecule has 2 aromatic carbocycles. The Bertz CT molecular complexity index is 807. The molecule has 0 bridgehead atoms. The average Bonchev–Trinajstić information content (AvgIpc) is 2.62. The van der Waals surface area contributed by atoms with E-state index in [0.29, 0.717) is 17.1 Å². The molecule has 8 heteroatoms. The van der Waals surface area contributed by atoms with E-state index >= 15 is 0 Å². The van der Waals surface area contributed by atoms with Crippen LogP contribution in [0.3, 0.4) is 0 Å². The normalized spacial score (nSPS) is 11.5. The smallest absolute Gasteiger partial charge is 0.497 e. The van der Waals surface area contributed by atoms with E-state index in [1.165, 1.54) is 25.3 Å². The fourth-order valence-corrected chi connectivity index (χ4v) is 2.23. The van der Waals surface area contributed by atoms with Crippen molar-refractivity contribution in [3.63, 3.8) is 0 Å². The quantitative estimate of drug-likeness (QED) is 0.525. The van der Waals surface area contributed by atoms with Crippen molar-refractivity contribution in [2.45, 2.75) is 20.2 Å². The summed E-state index contributed by atoms with van der Waals surface area (Å²) in [5, 5.41) is 2.99. The Hall–Kier alpha value is -2.90. The second-order valence-electron chi connectivity index (χ2n) is 5.81. The second kappa shape index (κ2) is 8.66. The van der Waals surface area contributed by atoms with Crippen molar-refractivity contribution in [2.24, 2.45) is 4.99 Å². The average molecular weight is 381 g/mol. The fraction of sp³-hybridized carbons (Fsp3) is 0.316. The highest BCUT2D eigenvalue weighted by atomic mass is 19.4. The monoisotopic (exact) mass is 381 g/mol. The molecule has 0 aliphatic carbocycles. The molecular weight excluding hydrogens is 359 g/mol. The van der Waals surface area contributed by atoms with Gasteiger partial charge in [0.15, 0.2) is 5.75 Å². The van der Waals surface area contributed by atoms with Crippen LogP contribution >= 0.6 is 0 Å². The zero-order chi connectivity index (χ0) is 20.0. The van der Waals surface area contributed by atoms with Crippen LogP contribution in [0.1, 0.15) is 12.5 Å². The van der Waals surface area contributed by atoms with E-state index in [9.17, 15) is 13.2 Å². The molecule has 0 heterocycles. The highest BCUT2D eigenvalue weighted by molar-refractivity contribution is 5.76. The summed E-state index contributed by atoms with van der Waals surface area (Å²) >= 11 is 0. The van der Waals surface area contributed by atoms with Crippen LogP contribution in [0.2, 0.25) is 0 Å². The Morgan fingerprint density at radius 3 is 2.52 bits per heavy atom. The van der Waals surface area contributed by atoms with E-state index in [4.69, 9.17) is 4.74 Å². The fourth-order valence-electron chi connectivity index (χ4n) is 2.23. The molecule has 1 N–H and O–H groups in total. The van der Waals surface area contributed by atoms with Gasteiger partial charge in [0, 0.05) is 31.4 Å². The number of aliphatic imine (C=N–C) groups is 1. The predicted molar refractivity (Wildman–Crippen MR) is 101 cm³/mol. The molecule has 0 aliphatic heterocycles. The van der Waals surface area contributed by atoms with Gasteiger partial charge in [-0.2, -0.15) is 0 Å². The minimum atomic E-state index is -4.78. The first-order valence-electron chi connectivity index (χ1n) is 8.28. The molecule has 2 rings (SSSR count). The van der Waals surface area contributed by atoms with Crippen LogP contribution in [-0.4, -0.2) is 38.3 Å². The first kappa shape index (κ1) is 20.4. The Morgan fingerprint density at radius 1 is 1.19 bits per heavy atom. The molecule has 146 valence electrons. The molecular formula is C19H22F3N3O2. The maximum Gasteiger partial charge on any atom is 0.573 e. The van der Waals surface area contributed by atoms with Gasteiger partial charge in [0.25, 0.3) is 0 Å². The summed E-state index contributed by atoms with van der Waals surface area (Å²) in [4.78, 5) is 6.34. The molecule has 27 heavy (non-hydrogen) atoms. The van der Waals surface area contributed by atoms with Crippen LogP contribution in [0.15, 0.2) is 41.4 Å². The van der Waals surface area contributed by atoms with Crippen LogP contribution in [0, 0.1) is 6.92 Å². The molecule has 0 fully saturated rings. The molecule has 5 nitrogen and oxygen atoms in total. The van der Waals surface area contributed by atoms with Gasteiger partial charge in [-0.15, -0.1) is 13.2 Å². The van der Waals surface area contributed by atoms with Gasteiger partial charge < -0.3 is 19.7 Å². The van der Waals surface area contributed by atoms with Gasteiger partial charge in [-0.25, -0.2) is 4.99 Å². The van der Waals surface area contributed by atoms with Crippen molar-refractivity contribution < 1.29 is 22.6 Å². The van der Waals surface area contributed by atoms with Crippen LogP contribution in [0.4, 0.5) is 30.2 Å². The lowest BCUT2D eigenvalue weighted by Crippen LogP contribution is -2.17. The second-order valence-corrected chi connectivity index (χ2v) is 5.81. The molecule has 0 atom stereocenters. The zero-order valence-electron chi connectivity index (χ0n) is 15.6. The lowest BCUT2D eigenvalue weighted by atomic mass is 10.1. The minimum absolute atomic E-state index is 0.187. The minimum Gasteiger partial charge on any atom is -0.497 e. The summed E-state index contributed by atoms with van der Waals surface area (Å²) in [6, 6.07) is 9.31. The standard InChI is InChI=1S/C19H22F3N3O2/c1-5-25(3)12-23-16-10-14(26-4)11-17(13(16)2)24-15-8-6-7-9-18(15)27-19(20,21)22/h6-12,24H,5H2,1-4H3/b23-12+. The van der Waals surface area contributed by atoms with Crippen molar-refractivity contribution in [1.82, 2.24) is 4.90 Å². The van der Waals surface area contributed by atoms with E-state index in [2.05, 4.69) is 15.0 Å². The maximum atomic E-state index is 12.6. The maximum absolute atomic E-state index is 12.6. The third-order valence-electron chi connectivity index (χ3n) is 3.86. The molecule has 0 spiro atoms. The van der Waals surface area contributed by atoms with Crippen LogP contribution in [-0.2, 0) is 0 Å². The Morgan fingerprint density at radius 2 is 1.89 bits per heavy atom. The number of halogens is 3.